The second-order valence-electron chi connectivity index (χ2n) is 13.1. The van der Waals surface area contributed by atoms with Crippen LogP contribution in [0, 0.1) is 28.6 Å². The molecule has 0 radical (unpaired) electrons. The summed E-state index contributed by atoms with van der Waals surface area (Å²) in [4.78, 5) is 24.1. The lowest BCUT2D eigenvalue weighted by Crippen LogP contribution is -2.64. The van der Waals surface area contributed by atoms with Gasteiger partial charge in [0.05, 0.1) is 12.7 Å². The highest BCUT2D eigenvalue weighted by molar-refractivity contribution is 5.87. The van der Waals surface area contributed by atoms with Crippen LogP contribution in [0.5, 0.6) is 0 Å². The standard InChI is InChI=1S/C30H48O10/c1-15(2)27(37)40-26-19(38-28-25(36)24(35)23(34)20(14-31)39-28)13-30(7)18(10-8-16(3)12-22(32)33)17(4)9-11-21(30)29(26,5)6/h9,16,18-21,23-26,28,31,34-36H,1,8,10-14H2,2-7H3,(H,32,33)/t16-,18+,19-,20+,21+,23+,24-,25+,26+,28+,30-/m0/s1. The van der Waals surface area contributed by atoms with E-state index in [1.54, 1.807) is 6.92 Å². The maximum Gasteiger partial charge on any atom is 0.333 e. The molecule has 0 bridgehead atoms. The molecule has 1 heterocycles. The van der Waals surface area contributed by atoms with Crippen molar-refractivity contribution < 1.29 is 49.3 Å². The number of carbonyl (C=O) groups excluding carboxylic acids is 1. The summed E-state index contributed by atoms with van der Waals surface area (Å²) < 4.78 is 18.0. The first-order valence-corrected chi connectivity index (χ1v) is 14.2. The molecule has 11 atom stereocenters. The highest BCUT2D eigenvalue weighted by Gasteiger charge is 2.61. The van der Waals surface area contributed by atoms with Gasteiger partial charge < -0.3 is 39.7 Å². The number of aliphatic hydroxyl groups is 4. The van der Waals surface area contributed by atoms with Crippen LogP contribution in [0.1, 0.15) is 73.6 Å². The molecule has 0 aromatic heterocycles. The molecule has 2 fully saturated rings. The van der Waals surface area contributed by atoms with Crippen molar-refractivity contribution in [1.82, 2.24) is 0 Å². The number of esters is 1. The molecule has 5 N–H and O–H groups in total. The lowest BCUT2D eigenvalue weighted by atomic mass is 9.46. The number of allylic oxidation sites excluding steroid dienone is 2. The predicted molar refractivity (Wildman–Crippen MR) is 146 cm³/mol. The number of rotatable bonds is 10. The van der Waals surface area contributed by atoms with E-state index >= 15 is 0 Å². The van der Waals surface area contributed by atoms with Crippen molar-refractivity contribution in [3.8, 4) is 0 Å². The normalized spacial score (nSPS) is 40.0. The Hall–Kier alpha value is -1.82. The van der Waals surface area contributed by atoms with Gasteiger partial charge in [0.2, 0.25) is 0 Å². The molecule has 1 saturated heterocycles. The fourth-order valence-corrected chi connectivity index (χ4v) is 7.46. The molecular formula is C30H48O10. The molecule has 3 aliphatic rings. The molecule has 40 heavy (non-hydrogen) atoms. The molecule has 228 valence electrons. The van der Waals surface area contributed by atoms with Crippen LogP contribution in [0.2, 0.25) is 0 Å². The van der Waals surface area contributed by atoms with Crippen LogP contribution in [0.25, 0.3) is 0 Å². The Morgan fingerprint density at radius 1 is 1.18 bits per heavy atom. The number of carboxylic acid groups (broad SMARTS) is 1. The van der Waals surface area contributed by atoms with E-state index < -0.39 is 66.9 Å². The zero-order valence-electron chi connectivity index (χ0n) is 24.6. The van der Waals surface area contributed by atoms with Crippen LogP contribution in [0.4, 0.5) is 0 Å². The van der Waals surface area contributed by atoms with E-state index in [4.69, 9.17) is 14.2 Å². The number of aliphatic carboxylic acids is 1. The lowest BCUT2D eigenvalue weighted by molar-refractivity contribution is -0.331. The molecule has 1 saturated carbocycles. The number of fused-ring (bicyclic) bond motifs is 1. The van der Waals surface area contributed by atoms with Gasteiger partial charge in [-0.2, -0.15) is 0 Å². The fourth-order valence-electron chi connectivity index (χ4n) is 7.46. The first-order chi connectivity index (χ1) is 18.5. The number of hydrogen-bond acceptors (Lipinski definition) is 9. The minimum absolute atomic E-state index is 0.0105. The van der Waals surface area contributed by atoms with Gasteiger partial charge in [0.15, 0.2) is 6.29 Å². The molecule has 0 amide bonds. The smallest absolute Gasteiger partial charge is 0.333 e. The van der Waals surface area contributed by atoms with Gasteiger partial charge in [-0.05, 0) is 62.7 Å². The molecule has 0 aromatic rings. The average Bonchev–Trinajstić information content (AvgIpc) is 2.85. The number of carbonyl (C=O) groups is 2. The van der Waals surface area contributed by atoms with Crippen molar-refractivity contribution in [3.05, 3.63) is 23.8 Å². The SMILES string of the molecule is C=C(C)C(=O)O[C@@H]1[C@@H](O[C@@H]2O[C@H](CO)[C@@H](O)[C@H](O)[C@H]2O)C[C@@]2(C)[C@H](CC[C@H](C)CC(=O)O)C(C)=CC[C@@H]2C1(C)C. The third-order valence-electron chi connectivity index (χ3n) is 9.64. The monoisotopic (exact) mass is 568 g/mol. The summed E-state index contributed by atoms with van der Waals surface area (Å²) in [5.74, 6) is -1.18. The van der Waals surface area contributed by atoms with Crippen LogP contribution in [-0.2, 0) is 23.8 Å². The van der Waals surface area contributed by atoms with Gasteiger partial charge in [-0.25, -0.2) is 4.79 Å². The van der Waals surface area contributed by atoms with Crippen molar-refractivity contribution in [2.24, 2.45) is 28.6 Å². The van der Waals surface area contributed by atoms with Crippen molar-refractivity contribution >= 4 is 11.9 Å². The third kappa shape index (κ3) is 6.47. The van der Waals surface area contributed by atoms with E-state index in [0.29, 0.717) is 6.42 Å². The molecular weight excluding hydrogens is 520 g/mol. The van der Waals surface area contributed by atoms with Crippen LogP contribution in [0.15, 0.2) is 23.8 Å². The molecule has 0 unspecified atom stereocenters. The van der Waals surface area contributed by atoms with Gasteiger partial charge in [-0.3, -0.25) is 4.79 Å². The summed E-state index contributed by atoms with van der Waals surface area (Å²) in [5.41, 5.74) is 0.524. The first kappa shape index (κ1) is 32.7. The van der Waals surface area contributed by atoms with Crippen molar-refractivity contribution in [2.75, 3.05) is 6.61 Å². The van der Waals surface area contributed by atoms with Crippen LogP contribution in [-0.4, -0.2) is 87.0 Å². The number of hydrogen-bond donors (Lipinski definition) is 5. The van der Waals surface area contributed by atoms with Gasteiger partial charge in [0, 0.05) is 17.4 Å². The first-order valence-electron chi connectivity index (χ1n) is 14.2. The Morgan fingerprint density at radius 2 is 1.82 bits per heavy atom. The van der Waals surface area contributed by atoms with E-state index in [1.165, 1.54) is 5.57 Å². The van der Waals surface area contributed by atoms with Crippen LogP contribution < -0.4 is 0 Å². The van der Waals surface area contributed by atoms with Gasteiger partial charge in [-0.1, -0.05) is 45.9 Å². The number of aliphatic hydroxyl groups excluding tert-OH is 4. The quantitative estimate of drug-likeness (QED) is 0.150. The van der Waals surface area contributed by atoms with E-state index in [9.17, 15) is 35.1 Å². The van der Waals surface area contributed by atoms with E-state index in [2.05, 4.69) is 26.5 Å². The van der Waals surface area contributed by atoms with Gasteiger partial charge in [-0.15, -0.1) is 0 Å². The summed E-state index contributed by atoms with van der Waals surface area (Å²) in [7, 11) is 0. The summed E-state index contributed by atoms with van der Waals surface area (Å²) >= 11 is 0. The molecule has 1 aliphatic heterocycles. The maximum absolute atomic E-state index is 12.8. The minimum Gasteiger partial charge on any atom is -0.481 e. The molecule has 10 heteroatoms. The summed E-state index contributed by atoms with van der Waals surface area (Å²) in [5, 5.41) is 50.2. The van der Waals surface area contributed by atoms with E-state index in [-0.39, 0.29) is 35.2 Å². The molecule has 10 nitrogen and oxygen atoms in total. The number of carboxylic acids is 1. The second-order valence-corrected chi connectivity index (χ2v) is 13.1. The largest absolute Gasteiger partial charge is 0.481 e. The van der Waals surface area contributed by atoms with Crippen molar-refractivity contribution in [1.29, 1.82) is 0 Å². The van der Waals surface area contributed by atoms with Gasteiger partial charge >= 0.3 is 11.9 Å². The van der Waals surface area contributed by atoms with Crippen molar-refractivity contribution in [2.45, 2.75) is 117 Å². The van der Waals surface area contributed by atoms with Gasteiger partial charge in [0.25, 0.3) is 0 Å². The maximum atomic E-state index is 12.8. The Bertz CT molecular complexity index is 974. The third-order valence-corrected chi connectivity index (χ3v) is 9.64. The topological polar surface area (TPSA) is 163 Å². The van der Waals surface area contributed by atoms with E-state index in [0.717, 1.165) is 19.3 Å². The second kappa shape index (κ2) is 12.6. The predicted octanol–water partition coefficient (Wildman–Crippen LogP) is 2.57. The van der Waals surface area contributed by atoms with Gasteiger partial charge in [0.1, 0.15) is 30.5 Å². The van der Waals surface area contributed by atoms with Crippen molar-refractivity contribution in [3.63, 3.8) is 0 Å². The minimum atomic E-state index is -1.60. The Kier molecular flexibility index (Phi) is 10.3. The van der Waals surface area contributed by atoms with E-state index in [1.807, 2.05) is 20.8 Å². The Balaban J connectivity index is 1.98. The summed E-state index contributed by atoms with van der Waals surface area (Å²) in [6.07, 6.45) is -3.69. The van der Waals surface area contributed by atoms with Crippen LogP contribution in [0.3, 0.4) is 0 Å². The molecule has 2 aliphatic carbocycles. The number of ether oxygens (including phenoxy) is 3. The van der Waals surface area contributed by atoms with Crippen LogP contribution >= 0.6 is 0 Å². The zero-order valence-corrected chi connectivity index (χ0v) is 24.6. The summed E-state index contributed by atoms with van der Waals surface area (Å²) in [6, 6.07) is 0. The summed E-state index contributed by atoms with van der Waals surface area (Å²) in [6.45, 7) is 15.0. The highest BCUT2D eigenvalue weighted by Crippen LogP contribution is 2.62. The Morgan fingerprint density at radius 3 is 2.40 bits per heavy atom. The fraction of sp³-hybridized carbons (Fsp3) is 0.800. The Labute approximate surface area is 237 Å². The lowest BCUT2D eigenvalue weighted by Gasteiger charge is -2.61. The molecule has 3 rings (SSSR count). The zero-order chi connectivity index (χ0) is 30.2. The molecule has 0 aromatic carbocycles. The highest BCUT2D eigenvalue weighted by atomic mass is 16.7. The average molecular weight is 569 g/mol. The molecule has 0 spiro atoms.